The number of oxazole rings is 1. The van der Waals surface area contributed by atoms with Crippen LogP contribution in [-0.4, -0.2) is 16.5 Å². The fraction of sp³-hybridized carbons (Fsp3) is 0.500. The molecule has 1 aliphatic carbocycles. The molecule has 0 saturated heterocycles. The van der Waals surface area contributed by atoms with Gasteiger partial charge in [-0.05, 0) is 44.2 Å². The smallest absolute Gasteiger partial charge is 0.408 e. The van der Waals surface area contributed by atoms with Crippen molar-refractivity contribution in [3.8, 4) is 0 Å². The molecule has 1 saturated carbocycles. The van der Waals surface area contributed by atoms with Crippen molar-refractivity contribution >= 4 is 17.0 Å². The molecule has 3 rings (SSSR count). The van der Waals surface area contributed by atoms with Gasteiger partial charge in [0.15, 0.2) is 5.58 Å². The lowest BCUT2D eigenvalue weighted by molar-refractivity contribution is -0.121. The Balaban J connectivity index is 1.55. The van der Waals surface area contributed by atoms with Crippen LogP contribution < -0.4 is 11.1 Å². The van der Waals surface area contributed by atoms with Crippen molar-refractivity contribution in [1.29, 1.82) is 0 Å². The van der Waals surface area contributed by atoms with E-state index in [2.05, 4.69) is 12.2 Å². The lowest BCUT2D eigenvalue weighted by Crippen LogP contribution is -2.34. The van der Waals surface area contributed by atoms with Gasteiger partial charge in [0.1, 0.15) is 0 Å². The summed E-state index contributed by atoms with van der Waals surface area (Å²) in [5.41, 5.74) is 1.38. The van der Waals surface area contributed by atoms with Crippen LogP contribution in [0.25, 0.3) is 11.1 Å². The minimum atomic E-state index is -0.358. The second-order valence-corrected chi connectivity index (χ2v) is 5.78. The molecule has 1 heterocycles. The van der Waals surface area contributed by atoms with Crippen molar-refractivity contribution < 1.29 is 9.21 Å². The summed E-state index contributed by atoms with van der Waals surface area (Å²) in [7, 11) is 0. The molecule has 1 N–H and O–H groups in total. The Morgan fingerprint density at radius 2 is 2.19 bits per heavy atom. The summed E-state index contributed by atoms with van der Waals surface area (Å²) in [4.78, 5) is 23.6. The number of nitrogens with zero attached hydrogens (tertiary/aromatic N) is 1. The molecule has 5 nitrogen and oxygen atoms in total. The number of nitrogens with one attached hydrogen (secondary N) is 1. The van der Waals surface area contributed by atoms with Gasteiger partial charge in [0, 0.05) is 19.0 Å². The Labute approximate surface area is 122 Å². The second kappa shape index (κ2) is 5.76. The van der Waals surface area contributed by atoms with Crippen molar-refractivity contribution in [2.24, 2.45) is 5.92 Å². The molecule has 0 bridgehead atoms. The molecule has 0 unspecified atom stereocenters. The first-order valence-electron chi connectivity index (χ1n) is 7.53. The van der Waals surface area contributed by atoms with E-state index in [4.69, 9.17) is 4.42 Å². The summed E-state index contributed by atoms with van der Waals surface area (Å²) < 4.78 is 6.76. The highest BCUT2D eigenvalue weighted by atomic mass is 16.4. The number of fused-ring (bicyclic) bond motifs is 1. The molecule has 1 aromatic heterocycles. The van der Waals surface area contributed by atoms with E-state index < -0.39 is 0 Å². The van der Waals surface area contributed by atoms with E-state index in [0.29, 0.717) is 30.9 Å². The molecule has 0 aliphatic heterocycles. The summed E-state index contributed by atoms with van der Waals surface area (Å²) in [6.45, 7) is 2.56. The maximum absolute atomic E-state index is 11.8. The standard InChI is InChI=1S/C16H20N2O3/c1-11(12-8-9-12)17-15(19)7-4-10-18-13-5-2-3-6-14(13)21-16(18)20/h2-3,5-6,11-12H,4,7-10H2,1H3,(H,17,19)/t11-/m0/s1. The third-order valence-corrected chi connectivity index (χ3v) is 4.08. The molecular weight excluding hydrogens is 268 g/mol. The van der Waals surface area contributed by atoms with Gasteiger partial charge in [-0.2, -0.15) is 0 Å². The zero-order chi connectivity index (χ0) is 14.8. The van der Waals surface area contributed by atoms with Crippen LogP contribution in [0.15, 0.2) is 33.5 Å². The number of hydrogen-bond acceptors (Lipinski definition) is 3. The lowest BCUT2D eigenvalue weighted by Gasteiger charge is -2.12. The van der Waals surface area contributed by atoms with Gasteiger partial charge in [-0.15, -0.1) is 0 Å². The van der Waals surface area contributed by atoms with Gasteiger partial charge in [-0.1, -0.05) is 12.1 Å². The molecule has 0 radical (unpaired) electrons. The van der Waals surface area contributed by atoms with Crippen molar-refractivity contribution in [1.82, 2.24) is 9.88 Å². The number of aromatic nitrogens is 1. The van der Waals surface area contributed by atoms with Gasteiger partial charge in [0.2, 0.25) is 5.91 Å². The maximum atomic E-state index is 11.8. The van der Waals surface area contributed by atoms with Gasteiger partial charge < -0.3 is 9.73 Å². The van der Waals surface area contributed by atoms with E-state index in [9.17, 15) is 9.59 Å². The first kappa shape index (κ1) is 13.9. The molecule has 1 amide bonds. The van der Waals surface area contributed by atoms with Crippen LogP contribution >= 0.6 is 0 Å². The number of hydrogen-bond donors (Lipinski definition) is 1. The van der Waals surface area contributed by atoms with Crippen molar-refractivity contribution in [3.05, 3.63) is 34.8 Å². The lowest BCUT2D eigenvalue weighted by atomic mass is 10.2. The van der Waals surface area contributed by atoms with E-state index in [1.165, 1.54) is 12.8 Å². The van der Waals surface area contributed by atoms with E-state index in [1.807, 2.05) is 18.2 Å². The number of para-hydroxylation sites is 2. The number of aryl methyl sites for hydroxylation is 1. The Morgan fingerprint density at radius 3 is 2.95 bits per heavy atom. The van der Waals surface area contributed by atoms with Crippen molar-refractivity contribution in [3.63, 3.8) is 0 Å². The van der Waals surface area contributed by atoms with Gasteiger partial charge in [0.25, 0.3) is 0 Å². The fourth-order valence-electron chi connectivity index (χ4n) is 2.66. The summed E-state index contributed by atoms with van der Waals surface area (Å²) in [6, 6.07) is 7.61. The molecule has 0 spiro atoms. The maximum Gasteiger partial charge on any atom is 0.419 e. The van der Waals surface area contributed by atoms with E-state index in [1.54, 1.807) is 10.6 Å². The summed E-state index contributed by atoms with van der Waals surface area (Å²) in [5.74, 6) is 0.368. The van der Waals surface area contributed by atoms with Crippen LogP contribution in [0.1, 0.15) is 32.6 Å². The van der Waals surface area contributed by atoms with Crippen molar-refractivity contribution in [2.75, 3.05) is 0 Å². The van der Waals surface area contributed by atoms with E-state index in [0.717, 1.165) is 5.52 Å². The van der Waals surface area contributed by atoms with Gasteiger partial charge in [-0.3, -0.25) is 9.36 Å². The first-order valence-corrected chi connectivity index (χ1v) is 7.53. The zero-order valence-corrected chi connectivity index (χ0v) is 12.2. The molecule has 2 aromatic rings. The van der Waals surface area contributed by atoms with Gasteiger partial charge in [-0.25, -0.2) is 4.79 Å². The Hall–Kier alpha value is -2.04. The van der Waals surface area contributed by atoms with Crippen LogP contribution in [-0.2, 0) is 11.3 Å². The Morgan fingerprint density at radius 1 is 1.43 bits per heavy atom. The third-order valence-electron chi connectivity index (χ3n) is 4.08. The van der Waals surface area contributed by atoms with E-state index >= 15 is 0 Å². The van der Waals surface area contributed by atoms with Crippen LogP contribution in [0, 0.1) is 5.92 Å². The van der Waals surface area contributed by atoms with E-state index in [-0.39, 0.29) is 17.7 Å². The average Bonchev–Trinajstić information content (AvgIpc) is 3.25. The van der Waals surface area contributed by atoms with Gasteiger partial charge in [0.05, 0.1) is 5.52 Å². The predicted molar refractivity (Wildman–Crippen MR) is 80.0 cm³/mol. The molecule has 5 heteroatoms. The summed E-state index contributed by atoms with van der Waals surface area (Å²) in [5, 5.41) is 3.02. The first-order chi connectivity index (χ1) is 10.1. The van der Waals surface area contributed by atoms with Crippen LogP contribution in [0.5, 0.6) is 0 Å². The number of rotatable bonds is 6. The largest absolute Gasteiger partial charge is 0.419 e. The van der Waals surface area contributed by atoms with Crippen molar-refractivity contribution in [2.45, 2.75) is 45.2 Å². The average molecular weight is 288 g/mol. The molecular formula is C16H20N2O3. The topological polar surface area (TPSA) is 64.2 Å². The SMILES string of the molecule is C[C@H](NC(=O)CCCn1c(=O)oc2ccccc21)C1CC1. The molecule has 21 heavy (non-hydrogen) atoms. The monoisotopic (exact) mass is 288 g/mol. The normalized spacial score (nSPS) is 16.0. The highest BCUT2D eigenvalue weighted by Gasteiger charge is 2.28. The second-order valence-electron chi connectivity index (χ2n) is 5.78. The highest BCUT2D eigenvalue weighted by Crippen LogP contribution is 2.32. The van der Waals surface area contributed by atoms with Crippen LogP contribution in [0.2, 0.25) is 0 Å². The Bertz CT molecular complexity index is 697. The minimum absolute atomic E-state index is 0.0650. The quantitative estimate of drug-likeness (QED) is 0.887. The molecule has 1 atom stereocenters. The third kappa shape index (κ3) is 3.17. The zero-order valence-electron chi connectivity index (χ0n) is 12.2. The highest BCUT2D eigenvalue weighted by molar-refractivity contribution is 5.76. The minimum Gasteiger partial charge on any atom is -0.408 e. The molecule has 1 aliphatic rings. The molecule has 1 aromatic carbocycles. The van der Waals surface area contributed by atoms with Gasteiger partial charge >= 0.3 is 5.76 Å². The summed E-state index contributed by atoms with van der Waals surface area (Å²) in [6.07, 6.45) is 3.51. The number of carbonyl (C=O) groups is 1. The number of carbonyl (C=O) groups excluding carboxylic acids is 1. The van der Waals surface area contributed by atoms with Crippen LogP contribution in [0.3, 0.4) is 0 Å². The molecule has 112 valence electrons. The molecule has 1 fully saturated rings. The summed E-state index contributed by atoms with van der Waals surface area (Å²) >= 11 is 0. The van der Waals surface area contributed by atoms with Crippen LogP contribution in [0.4, 0.5) is 0 Å². The number of benzene rings is 1. The number of amides is 1. The predicted octanol–water partition coefficient (Wildman–Crippen LogP) is 2.29. The Kier molecular flexibility index (Phi) is 3.82. The fourth-order valence-corrected chi connectivity index (χ4v) is 2.66.